The van der Waals surface area contributed by atoms with Crippen LogP contribution >= 0.6 is 0 Å². The molecule has 2 aliphatic heterocycles. The smallest absolute Gasteiger partial charge is 0.214 e. The van der Waals surface area contributed by atoms with Crippen molar-refractivity contribution in [1.82, 2.24) is 5.32 Å². The van der Waals surface area contributed by atoms with Crippen LogP contribution in [0, 0.1) is 11.7 Å². The Bertz CT molecular complexity index is 913. The van der Waals surface area contributed by atoms with E-state index in [4.69, 9.17) is 4.74 Å². The molecule has 4 rings (SSSR count). The number of halogens is 1. The van der Waals surface area contributed by atoms with Crippen LogP contribution in [-0.4, -0.2) is 34.2 Å². The first-order valence-electron chi connectivity index (χ1n) is 10.8. The van der Waals surface area contributed by atoms with E-state index in [1.165, 1.54) is 18.2 Å². The molecule has 30 heavy (non-hydrogen) atoms. The second-order valence-corrected chi connectivity index (χ2v) is 9.62. The number of rotatable bonds is 4. The molecule has 0 amide bonds. The molecule has 0 bridgehead atoms. The predicted octanol–water partition coefficient (Wildman–Crippen LogP) is 4.10. The zero-order chi connectivity index (χ0) is 21.7. The number of hydrogen-bond acceptors (Lipinski definition) is 4. The fourth-order valence-corrected chi connectivity index (χ4v) is 5.59. The van der Waals surface area contributed by atoms with Gasteiger partial charge in [0, 0.05) is 23.9 Å². The summed E-state index contributed by atoms with van der Waals surface area (Å²) < 4.78 is 19.8. The van der Waals surface area contributed by atoms with Crippen LogP contribution in [0.15, 0.2) is 59.4 Å². The first-order valence-corrected chi connectivity index (χ1v) is 10.8. The van der Waals surface area contributed by atoms with Crippen molar-refractivity contribution in [2.24, 2.45) is 5.92 Å². The summed E-state index contributed by atoms with van der Waals surface area (Å²) in [6.45, 7) is 9.12. The molecule has 0 saturated carbocycles. The van der Waals surface area contributed by atoms with Gasteiger partial charge in [-0.3, -0.25) is 0 Å². The van der Waals surface area contributed by atoms with E-state index in [9.17, 15) is 14.6 Å². The Morgan fingerprint density at radius 3 is 2.60 bits per heavy atom. The number of benzene rings is 1. The number of fused-ring (bicyclic) bond motifs is 2. The number of ether oxygens (including phenoxy) is 1. The lowest BCUT2D eigenvalue weighted by molar-refractivity contribution is -0.107. The molecule has 0 aromatic heterocycles. The van der Waals surface area contributed by atoms with Gasteiger partial charge in [0.2, 0.25) is 5.79 Å². The van der Waals surface area contributed by atoms with Gasteiger partial charge in [-0.1, -0.05) is 38.5 Å². The van der Waals surface area contributed by atoms with Gasteiger partial charge < -0.3 is 20.3 Å². The van der Waals surface area contributed by atoms with Crippen molar-refractivity contribution >= 4 is 0 Å². The van der Waals surface area contributed by atoms with Crippen LogP contribution in [0.25, 0.3) is 0 Å². The van der Waals surface area contributed by atoms with Crippen molar-refractivity contribution in [2.45, 2.75) is 69.8 Å². The van der Waals surface area contributed by atoms with Gasteiger partial charge in [0.25, 0.3) is 0 Å². The van der Waals surface area contributed by atoms with Gasteiger partial charge in [-0.25, -0.2) is 4.39 Å². The molecule has 5 heteroatoms. The van der Waals surface area contributed by atoms with E-state index < -0.39 is 11.4 Å². The Morgan fingerprint density at radius 2 is 1.93 bits per heavy atom. The third-order valence-electron chi connectivity index (χ3n) is 7.20. The highest BCUT2D eigenvalue weighted by atomic mass is 19.1. The topological polar surface area (TPSA) is 61.7 Å². The third-order valence-corrected chi connectivity index (χ3v) is 7.20. The Balaban J connectivity index is 1.73. The normalized spacial score (nSPS) is 28.7. The van der Waals surface area contributed by atoms with E-state index in [1.807, 2.05) is 12.1 Å². The molecule has 1 aromatic rings. The highest BCUT2D eigenvalue weighted by Gasteiger charge is 2.51. The molecule has 0 spiro atoms. The lowest BCUT2D eigenvalue weighted by atomic mass is 9.64. The van der Waals surface area contributed by atoms with Crippen molar-refractivity contribution in [3.63, 3.8) is 0 Å². The van der Waals surface area contributed by atoms with Crippen molar-refractivity contribution < 1.29 is 19.3 Å². The summed E-state index contributed by atoms with van der Waals surface area (Å²) in [4.78, 5) is 0. The van der Waals surface area contributed by atoms with E-state index in [-0.39, 0.29) is 23.2 Å². The average molecular weight is 414 g/mol. The lowest BCUT2D eigenvalue weighted by Crippen LogP contribution is -2.58. The van der Waals surface area contributed by atoms with Gasteiger partial charge in [-0.2, -0.15) is 0 Å². The van der Waals surface area contributed by atoms with E-state index in [0.29, 0.717) is 17.9 Å². The minimum absolute atomic E-state index is 0.0395. The highest BCUT2D eigenvalue weighted by molar-refractivity contribution is 5.50. The minimum atomic E-state index is -2.02. The second-order valence-electron chi connectivity index (χ2n) is 9.62. The molecule has 3 atom stereocenters. The third kappa shape index (κ3) is 3.43. The summed E-state index contributed by atoms with van der Waals surface area (Å²) in [6.07, 6.45) is 7.60. The molecule has 2 heterocycles. The molecule has 1 aromatic carbocycles. The number of nitrogens with one attached hydrogen (secondary N) is 1. The summed E-state index contributed by atoms with van der Waals surface area (Å²) >= 11 is 0. The Labute approximate surface area is 178 Å². The summed E-state index contributed by atoms with van der Waals surface area (Å²) in [5, 5.41) is 24.9. The quantitative estimate of drug-likeness (QED) is 0.651. The molecule has 4 nitrogen and oxygen atoms in total. The molecule has 1 aliphatic carbocycles. The molecular weight excluding hydrogens is 381 g/mol. The molecule has 3 aliphatic rings. The first-order chi connectivity index (χ1) is 14.1. The van der Waals surface area contributed by atoms with Crippen molar-refractivity contribution in [1.29, 1.82) is 0 Å². The van der Waals surface area contributed by atoms with E-state index in [2.05, 4.69) is 33.0 Å². The van der Waals surface area contributed by atoms with Gasteiger partial charge in [-0.05, 0) is 62.1 Å². The molecule has 1 fully saturated rings. The zero-order valence-corrected chi connectivity index (χ0v) is 18.2. The Kier molecular flexibility index (Phi) is 5.20. The second kappa shape index (κ2) is 7.33. The molecule has 162 valence electrons. The maximum absolute atomic E-state index is 13.6. The highest BCUT2D eigenvalue weighted by Crippen LogP contribution is 2.50. The van der Waals surface area contributed by atoms with Crippen LogP contribution in [0.1, 0.15) is 52.5 Å². The van der Waals surface area contributed by atoms with Crippen LogP contribution in [0.4, 0.5) is 4.39 Å². The fraction of sp³-hybridized carbons (Fsp3) is 0.520. The molecule has 3 unspecified atom stereocenters. The van der Waals surface area contributed by atoms with Crippen molar-refractivity contribution in [3.05, 3.63) is 70.8 Å². The van der Waals surface area contributed by atoms with Gasteiger partial charge >= 0.3 is 0 Å². The summed E-state index contributed by atoms with van der Waals surface area (Å²) in [6, 6.07) is 7.00. The number of piperidine rings is 1. The standard InChI is InChI=1S/C25H32FNO3/c1-5-12-24(4,16-8-10-17(26)11-9-16)21-14-19-18(15-27-21)22-20(30-23(19,2)3)7-6-13-25(22,28)29/h6-11,13,19,21,27-29H,5,12,14-15H2,1-4H3. The Morgan fingerprint density at radius 1 is 1.23 bits per heavy atom. The summed E-state index contributed by atoms with van der Waals surface area (Å²) in [7, 11) is 0. The molecule has 3 N–H and O–H groups in total. The molecule has 0 radical (unpaired) electrons. The lowest BCUT2D eigenvalue weighted by Gasteiger charge is -2.52. The minimum Gasteiger partial charge on any atom is -0.487 e. The average Bonchev–Trinajstić information content (AvgIpc) is 2.67. The van der Waals surface area contributed by atoms with E-state index in [0.717, 1.165) is 30.4 Å². The first kappa shape index (κ1) is 21.3. The van der Waals surface area contributed by atoms with Crippen LogP contribution in [0.5, 0.6) is 0 Å². The number of hydrogen-bond donors (Lipinski definition) is 3. The van der Waals surface area contributed by atoms with Crippen molar-refractivity contribution in [2.75, 3.05) is 6.54 Å². The fourth-order valence-electron chi connectivity index (χ4n) is 5.59. The maximum Gasteiger partial charge on any atom is 0.214 e. The van der Waals surface area contributed by atoms with Gasteiger partial charge in [0.15, 0.2) is 0 Å². The van der Waals surface area contributed by atoms with Gasteiger partial charge in [0.05, 0.1) is 5.57 Å². The van der Waals surface area contributed by atoms with Gasteiger partial charge in [-0.15, -0.1) is 0 Å². The molecular formula is C25H32FNO3. The van der Waals surface area contributed by atoms with E-state index >= 15 is 0 Å². The van der Waals surface area contributed by atoms with Crippen LogP contribution in [-0.2, 0) is 10.2 Å². The summed E-state index contributed by atoms with van der Waals surface area (Å²) in [5.41, 5.74) is 1.95. The van der Waals surface area contributed by atoms with E-state index in [1.54, 1.807) is 12.2 Å². The maximum atomic E-state index is 13.6. The number of aliphatic hydroxyl groups is 2. The zero-order valence-electron chi connectivity index (χ0n) is 18.2. The monoisotopic (exact) mass is 413 g/mol. The predicted molar refractivity (Wildman–Crippen MR) is 115 cm³/mol. The van der Waals surface area contributed by atoms with Crippen molar-refractivity contribution in [3.8, 4) is 0 Å². The van der Waals surface area contributed by atoms with Crippen LogP contribution < -0.4 is 5.32 Å². The van der Waals surface area contributed by atoms with Gasteiger partial charge in [0.1, 0.15) is 17.2 Å². The van der Waals surface area contributed by atoms with Crippen LogP contribution in [0.2, 0.25) is 0 Å². The number of allylic oxidation sites excluding steroid dienone is 2. The Hall–Kier alpha value is -1.95. The largest absolute Gasteiger partial charge is 0.487 e. The molecule has 1 saturated heterocycles. The SMILES string of the molecule is CCCC(C)(c1ccc(F)cc1)C1CC2C(=C3C(=CC=CC3(O)O)OC2(C)C)CN1. The van der Waals surface area contributed by atoms with Crippen LogP contribution in [0.3, 0.4) is 0 Å². The summed E-state index contributed by atoms with van der Waals surface area (Å²) in [5.74, 6) is -1.67.